The number of phenolic OH excluding ortho intramolecular Hbond substituents is 1. The molecule has 0 radical (unpaired) electrons. The average Bonchev–Trinajstić information content (AvgIpc) is 2.03. The third-order valence-electron chi connectivity index (χ3n) is 1.58. The second kappa shape index (κ2) is 3.89. The summed E-state index contributed by atoms with van der Waals surface area (Å²) in [5.41, 5.74) is 6.37. The van der Waals surface area contributed by atoms with E-state index in [2.05, 4.69) is 15.9 Å². The first-order chi connectivity index (χ1) is 5.65. The normalized spacial score (nSPS) is 12.9. The predicted octanol–water partition coefficient (Wildman–Crippen LogP) is 1.15. The number of aromatic hydroxyl groups is 1. The van der Waals surface area contributed by atoms with Crippen LogP contribution in [0.4, 0.5) is 0 Å². The fourth-order valence-corrected chi connectivity index (χ4v) is 1.58. The van der Waals surface area contributed by atoms with Gasteiger partial charge in [0.1, 0.15) is 5.75 Å². The number of hydrogen-bond acceptors (Lipinski definition) is 3. The lowest BCUT2D eigenvalue weighted by atomic mass is 10.1. The zero-order chi connectivity index (χ0) is 9.14. The van der Waals surface area contributed by atoms with Gasteiger partial charge in [0, 0.05) is 4.47 Å². The summed E-state index contributed by atoms with van der Waals surface area (Å²) in [6, 6.07) is 4.36. The molecule has 4 N–H and O–H groups in total. The van der Waals surface area contributed by atoms with E-state index >= 15 is 0 Å². The van der Waals surface area contributed by atoms with Gasteiger partial charge in [-0.3, -0.25) is 0 Å². The van der Waals surface area contributed by atoms with Gasteiger partial charge in [0.25, 0.3) is 0 Å². The molecule has 0 aliphatic heterocycles. The monoisotopic (exact) mass is 231 g/mol. The maximum Gasteiger partial charge on any atom is 0.116 e. The number of hydrogen-bond donors (Lipinski definition) is 3. The quantitative estimate of drug-likeness (QED) is 0.716. The highest BCUT2D eigenvalue weighted by Gasteiger charge is 2.08. The van der Waals surface area contributed by atoms with E-state index in [1.165, 1.54) is 6.07 Å². The maximum atomic E-state index is 9.06. The van der Waals surface area contributed by atoms with Crippen LogP contribution in [0.3, 0.4) is 0 Å². The smallest absolute Gasteiger partial charge is 0.116 e. The lowest BCUT2D eigenvalue weighted by molar-refractivity contribution is 0.267. The summed E-state index contributed by atoms with van der Waals surface area (Å²) in [4.78, 5) is 0. The van der Waals surface area contributed by atoms with Crippen LogP contribution in [0.1, 0.15) is 11.6 Å². The van der Waals surface area contributed by atoms with E-state index < -0.39 is 6.04 Å². The van der Waals surface area contributed by atoms with Gasteiger partial charge in [-0.15, -0.1) is 0 Å². The molecule has 0 fully saturated rings. The Morgan fingerprint density at radius 1 is 1.50 bits per heavy atom. The first-order valence-electron chi connectivity index (χ1n) is 3.50. The molecule has 1 aromatic carbocycles. The van der Waals surface area contributed by atoms with Crippen LogP contribution >= 0.6 is 15.9 Å². The van der Waals surface area contributed by atoms with Crippen LogP contribution in [0.2, 0.25) is 0 Å². The molecule has 0 aliphatic rings. The summed E-state index contributed by atoms with van der Waals surface area (Å²) in [5, 5.41) is 17.8. The van der Waals surface area contributed by atoms with Gasteiger partial charge in [-0.25, -0.2) is 0 Å². The van der Waals surface area contributed by atoms with Crippen LogP contribution in [0.25, 0.3) is 0 Å². The Morgan fingerprint density at radius 2 is 2.17 bits per heavy atom. The van der Waals surface area contributed by atoms with Gasteiger partial charge < -0.3 is 15.9 Å². The molecule has 4 heteroatoms. The van der Waals surface area contributed by atoms with Crippen LogP contribution in [0.5, 0.6) is 5.75 Å². The van der Waals surface area contributed by atoms with E-state index in [1.807, 2.05) is 0 Å². The van der Waals surface area contributed by atoms with Gasteiger partial charge in [0.2, 0.25) is 0 Å². The van der Waals surface area contributed by atoms with Crippen molar-refractivity contribution in [1.29, 1.82) is 0 Å². The Labute approximate surface area is 79.0 Å². The van der Waals surface area contributed by atoms with E-state index in [1.54, 1.807) is 12.1 Å². The van der Waals surface area contributed by atoms with Crippen molar-refractivity contribution in [3.05, 3.63) is 28.2 Å². The van der Waals surface area contributed by atoms with Gasteiger partial charge in [-0.2, -0.15) is 0 Å². The number of phenols is 1. The summed E-state index contributed by atoms with van der Waals surface area (Å²) in [7, 11) is 0. The molecule has 0 bridgehead atoms. The minimum atomic E-state index is -0.403. The zero-order valence-electron chi connectivity index (χ0n) is 6.37. The Kier molecular flexibility index (Phi) is 3.08. The van der Waals surface area contributed by atoms with Gasteiger partial charge >= 0.3 is 0 Å². The molecule has 0 aromatic heterocycles. The highest BCUT2D eigenvalue weighted by molar-refractivity contribution is 9.10. The molecule has 1 atom stereocenters. The highest BCUT2D eigenvalue weighted by atomic mass is 79.9. The molecule has 0 spiro atoms. The topological polar surface area (TPSA) is 66.5 Å². The second-order valence-corrected chi connectivity index (χ2v) is 3.35. The third kappa shape index (κ3) is 1.97. The molecule has 1 unspecified atom stereocenters. The van der Waals surface area contributed by atoms with E-state index in [4.69, 9.17) is 15.9 Å². The van der Waals surface area contributed by atoms with Crippen molar-refractivity contribution in [2.75, 3.05) is 6.61 Å². The van der Waals surface area contributed by atoms with Crippen LogP contribution in [0, 0.1) is 0 Å². The maximum absolute atomic E-state index is 9.06. The Bertz CT molecular complexity index is 278. The lowest BCUT2D eigenvalue weighted by Crippen LogP contribution is -2.14. The number of aliphatic hydroxyl groups excluding tert-OH is 1. The Hall–Kier alpha value is -0.580. The highest BCUT2D eigenvalue weighted by Crippen LogP contribution is 2.25. The van der Waals surface area contributed by atoms with E-state index in [-0.39, 0.29) is 12.4 Å². The molecule has 0 aliphatic carbocycles. The minimum Gasteiger partial charge on any atom is -0.508 e. The van der Waals surface area contributed by atoms with Crippen molar-refractivity contribution < 1.29 is 10.2 Å². The molecule has 0 heterocycles. The summed E-state index contributed by atoms with van der Waals surface area (Å²) in [6.45, 7) is -0.108. The zero-order valence-corrected chi connectivity index (χ0v) is 7.95. The van der Waals surface area contributed by atoms with Crippen molar-refractivity contribution in [2.45, 2.75) is 6.04 Å². The molecular weight excluding hydrogens is 222 g/mol. The minimum absolute atomic E-state index is 0.108. The number of benzene rings is 1. The van der Waals surface area contributed by atoms with Gasteiger partial charge in [0.15, 0.2) is 0 Å². The first kappa shape index (κ1) is 9.51. The standard InChI is InChI=1S/C8H10BrNO2/c9-7-3-5(12)1-2-6(7)8(10)4-11/h1-3,8,11-12H,4,10H2. The number of rotatable bonds is 2. The van der Waals surface area contributed by atoms with Crippen molar-refractivity contribution >= 4 is 15.9 Å². The Morgan fingerprint density at radius 3 is 2.67 bits per heavy atom. The van der Waals surface area contributed by atoms with Gasteiger partial charge in [0.05, 0.1) is 12.6 Å². The molecule has 0 amide bonds. The van der Waals surface area contributed by atoms with Crippen LogP contribution < -0.4 is 5.73 Å². The largest absolute Gasteiger partial charge is 0.508 e. The second-order valence-electron chi connectivity index (χ2n) is 2.49. The van der Waals surface area contributed by atoms with Crippen molar-refractivity contribution in [3.8, 4) is 5.75 Å². The average molecular weight is 232 g/mol. The molecule has 1 rings (SSSR count). The molecule has 0 saturated heterocycles. The number of aliphatic hydroxyl groups is 1. The first-order valence-corrected chi connectivity index (χ1v) is 4.29. The molecular formula is C8H10BrNO2. The van der Waals surface area contributed by atoms with Crippen molar-refractivity contribution in [1.82, 2.24) is 0 Å². The fraction of sp³-hybridized carbons (Fsp3) is 0.250. The van der Waals surface area contributed by atoms with Gasteiger partial charge in [-0.05, 0) is 17.7 Å². The third-order valence-corrected chi connectivity index (χ3v) is 2.27. The van der Waals surface area contributed by atoms with E-state index in [9.17, 15) is 0 Å². The number of nitrogens with two attached hydrogens (primary N) is 1. The van der Waals surface area contributed by atoms with Crippen LogP contribution in [0.15, 0.2) is 22.7 Å². The Balaban J connectivity index is 3.01. The van der Waals surface area contributed by atoms with Crippen molar-refractivity contribution in [3.63, 3.8) is 0 Å². The lowest BCUT2D eigenvalue weighted by Gasteiger charge is -2.10. The predicted molar refractivity (Wildman–Crippen MR) is 49.8 cm³/mol. The van der Waals surface area contributed by atoms with Gasteiger partial charge in [-0.1, -0.05) is 22.0 Å². The molecule has 0 saturated carbocycles. The summed E-state index contributed by atoms with van der Waals surface area (Å²) in [5.74, 6) is 0.177. The molecule has 12 heavy (non-hydrogen) atoms. The summed E-state index contributed by atoms with van der Waals surface area (Å²) >= 11 is 3.24. The summed E-state index contributed by atoms with van der Waals surface area (Å²) in [6.07, 6.45) is 0. The van der Waals surface area contributed by atoms with Crippen molar-refractivity contribution in [2.24, 2.45) is 5.73 Å². The fourth-order valence-electron chi connectivity index (χ4n) is 0.915. The summed E-state index contributed by atoms with van der Waals surface area (Å²) < 4.78 is 0.712. The SMILES string of the molecule is NC(CO)c1ccc(O)cc1Br. The number of halogens is 1. The molecule has 1 aromatic rings. The molecule has 66 valence electrons. The van der Waals surface area contributed by atoms with Crippen LogP contribution in [-0.2, 0) is 0 Å². The van der Waals surface area contributed by atoms with Crippen LogP contribution in [-0.4, -0.2) is 16.8 Å². The van der Waals surface area contributed by atoms with E-state index in [0.717, 1.165) is 5.56 Å². The molecule has 3 nitrogen and oxygen atoms in total. The van der Waals surface area contributed by atoms with E-state index in [0.29, 0.717) is 4.47 Å².